The summed E-state index contributed by atoms with van der Waals surface area (Å²) in [7, 11) is 0. The molecule has 1 heterocycles. The standard InChI is InChI=1S/C10H7Cl2N3O2/c11-6-2-1-5(13)3-7(6)17-10-8(12)9(16)14-4-15-10/h1-4H,13H2,(H,14,15,16). The molecule has 17 heavy (non-hydrogen) atoms. The molecule has 0 aliphatic heterocycles. The molecule has 0 bridgehead atoms. The van der Waals surface area contributed by atoms with Crippen molar-refractivity contribution in [1.29, 1.82) is 0 Å². The maximum Gasteiger partial charge on any atom is 0.273 e. The van der Waals surface area contributed by atoms with Crippen molar-refractivity contribution in [3.8, 4) is 11.6 Å². The van der Waals surface area contributed by atoms with Crippen molar-refractivity contribution in [2.75, 3.05) is 5.73 Å². The lowest BCUT2D eigenvalue weighted by Crippen LogP contribution is -2.08. The zero-order valence-corrected chi connectivity index (χ0v) is 9.92. The van der Waals surface area contributed by atoms with E-state index in [4.69, 9.17) is 33.7 Å². The molecule has 0 aliphatic carbocycles. The molecule has 3 N–H and O–H groups in total. The maximum atomic E-state index is 11.2. The highest BCUT2D eigenvalue weighted by atomic mass is 35.5. The summed E-state index contributed by atoms with van der Waals surface area (Å²) in [5.41, 5.74) is 5.58. The Balaban J connectivity index is 2.41. The van der Waals surface area contributed by atoms with Gasteiger partial charge in [0.05, 0.1) is 11.3 Å². The topological polar surface area (TPSA) is 81.0 Å². The zero-order chi connectivity index (χ0) is 12.4. The molecule has 0 atom stereocenters. The summed E-state index contributed by atoms with van der Waals surface area (Å²) in [4.78, 5) is 17.3. The van der Waals surface area contributed by atoms with E-state index in [0.717, 1.165) is 0 Å². The van der Waals surface area contributed by atoms with Crippen LogP contribution in [0, 0.1) is 0 Å². The first-order chi connectivity index (χ1) is 8.08. The zero-order valence-electron chi connectivity index (χ0n) is 8.41. The minimum Gasteiger partial charge on any atom is -0.436 e. The Kier molecular flexibility index (Phi) is 3.21. The number of nitrogens with one attached hydrogen (secondary N) is 1. The van der Waals surface area contributed by atoms with Crippen LogP contribution in [-0.4, -0.2) is 9.97 Å². The monoisotopic (exact) mass is 271 g/mol. The first-order valence-electron chi connectivity index (χ1n) is 4.54. The number of nitrogens with two attached hydrogens (primary N) is 1. The number of anilines is 1. The molecule has 0 spiro atoms. The van der Waals surface area contributed by atoms with Gasteiger partial charge in [0.25, 0.3) is 5.56 Å². The smallest absolute Gasteiger partial charge is 0.273 e. The van der Waals surface area contributed by atoms with E-state index < -0.39 is 5.56 Å². The molecule has 7 heteroatoms. The summed E-state index contributed by atoms with van der Waals surface area (Å²) >= 11 is 11.6. The normalized spacial score (nSPS) is 10.2. The molecule has 1 aromatic heterocycles. The number of benzene rings is 1. The third-order valence-electron chi connectivity index (χ3n) is 1.93. The second-order valence-corrected chi connectivity index (χ2v) is 3.93. The number of nitrogen functional groups attached to an aromatic ring is 1. The fourth-order valence-corrected chi connectivity index (χ4v) is 1.44. The minimum absolute atomic E-state index is 0.0251. The number of halogens is 2. The quantitative estimate of drug-likeness (QED) is 0.823. The summed E-state index contributed by atoms with van der Waals surface area (Å²) in [6.07, 6.45) is 1.18. The van der Waals surface area contributed by atoms with Crippen LogP contribution in [0.1, 0.15) is 0 Å². The van der Waals surface area contributed by atoms with Crippen LogP contribution in [0.15, 0.2) is 29.3 Å². The highest BCUT2D eigenvalue weighted by molar-refractivity contribution is 6.32. The van der Waals surface area contributed by atoms with Crippen molar-refractivity contribution in [1.82, 2.24) is 9.97 Å². The van der Waals surface area contributed by atoms with Gasteiger partial charge in [0.2, 0.25) is 5.88 Å². The molecule has 2 aromatic rings. The Morgan fingerprint density at radius 2 is 2.12 bits per heavy atom. The lowest BCUT2D eigenvalue weighted by molar-refractivity contribution is 0.461. The molecule has 0 amide bonds. The number of nitrogens with zero attached hydrogens (tertiary/aromatic N) is 1. The van der Waals surface area contributed by atoms with Gasteiger partial charge in [-0.15, -0.1) is 0 Å². The van der Waals surface area contributed by atoms with E-state index in [2.05, 4.69) is 9.97 Å². The third-order valence-corrected chi connectivity index (χ3v) is 2.57. The number of hydrogen-bond donors (Lipinski definition) is 2. The van der Waals surface area contributed by atoms with E-state index in [1.165, 1.54) is 12.4 Å². The van der Waals surface area contributed by atoms with Crippen LogP contribution >= 0.6 is 23.2 Å². The van der Waals surface area contributed by atoms with Crippen LogP contribution in [0.4, 0.5) is 5.69 Å². The molecule has 0 radical (unpaired) electrons. The number of aromatic nitrogens is 2. The molecular weight excluding hydrogens is 265 g/mol. The highest BCUT2D eigenvalue weighted by Gasteiger charge is 2.10. The van der Waals surface area contributed by atoms with Crippen molar-refractivity contribution >= 4 is 28.9 Å². The molecule has 0 saturated carbocycles. The van der Waals surface area contributed by atoms with Crippen molar-refractivity contribution in [2.24, 2.45) is 0 Å². The van der Waals surface area contributed by atoms with Gasteiger partial charge in [-0.2, -0.15) is 0 Å². The van der Waals surface area contributed by atoms with Crippen molar-refractivity contribution in [3.05, 3.63) is 44.9 Å². The molecule has 0 aliphatic rings. The summed E-state index contributed by atoms with van der Waals surface area (Å²) in [5, 5.41) is 0.198. The van der Waals surface area contributed by atoms with E-state index >= 15 is 0 Å². The van der Waals surface area contributed by atoms with Gasteiger partial charge in [0.1, 0.15) is 5.75 Å². The lowest BCUT2D eigenvalue weighted by atomic mass is 10.3. The number of rotatable bonds is 2. The van der Waals surface area contributed by atoms with Gasteiger partial charge in [-0.3, -0.25) is 4.79 Å². The van der Waals surface area contributed by atoms with Crippen LogP contribution in [0.5, 0.6) is 11.6 Å². The predicted molar refractivity (Wildman–Crippen MR) is 65.8 cm³/mol. The van der Waals surface area contributed by atoms with Crippen LogP contribution < -0.4 is 16.0 Å². The molecular formula is C10H7Cl2N3O2. The SMILES string of the molecule is Nc1ccc(Cl)c(Oc2nc[nH]c(=O)c2Cl)c1. The van der Waals surface area contributed by atoms with Crippen molar-refractivity contribution in [3.63, 3.8) is 0 Å². The van der Waals surface area contributed by atoms with Crippen LogP contribution in [0.2, 0.25) is 10.0 Å². The van der Waals surface area contributed by atoms with E-state index in [1.54, 1.807) is 12.1 Å². The van der Waals surface area contributed by atoms with Crippen LogP contribution in [0.3, 0.4) is 0 Å². The summed E-state index contributed by atoms with van der Waals surface area (Å²) in [5.74, 6) is 0.259. The lowest BCUT2D eigenvalue weighted by Gasteiger charge is -2.07. The first-order valence-corrected chi connectivity index (χ1v) is 5.29. The molecule has 2 rings (SSSR count). The fraction of sp³-hybridized carbons (Fsp3) is 0. The van der Waals surface area contributed by atoms with Crippen molar-refractivity contribution < 1.29 is 4.74 Å². The second-order valence-electron chi connectivity index (χ2n) is 3.14. The Bertz CT molecular complexity index is 613. The molecule has 1 aromatic carbocycles. The highest BCUT2D eigenvalue weighted by Crippen LogP contribution is 2.31. The number of ether oxygens (including phenoxy) is 1. The molecule has 0 saturated heterocycles. The fourth-order valence-electron chi connectivity index (χ4n) is 1.14. The molecule has 5 nitrogen and oxygen atoms in total. The largest absolute Gasteiger partial charge is 0.436 e. The van der Waals surface area contributed by atoms with Crippen molar-refractivity contribution in [2.45, 2.75) is 0 Å². The van der Waals surface area contributed by atoms with Gasteiger partial charge in [-0.1, -0.05) is 23.2 Å². The number of aromatic amines is 1. The van der Waals surface area contributed by atoms with E-state index in [-0.39, 0.29) is 16.7 Å². The Labute approximate surface area is 106 Å². The molecule has 88 valence electrons. The van der Waals surface area contributed by atoms with Gasteiger partial charge in [0.15, 0.2) is 5.02 Å². The summed E-state index contributed by atoms with van der Waals surface area (Å²) in [6.45, 7) is 0. The van der Waals surface area contributed by atoms with E-state index in [1.807, 2.05) is 0 Å². The van der Waals surface area contributed by atoms with Gasteiger partial charge >= 0.3 is 0 Å². The van der Waals surface area contributed by atoms with Gasteiger partial charge in [0, 0.05) is 11.8 Å². The Hall–Kier alpha value is -1.72. The third kappa shape index (κ3) is 2.51. The summed E-state index contributed by atoms with van der Waals surface area (Å²) in [6, 6.07) is 4.72. The molecule has 0 unspecified atom stereocenters. The second kappa shape index (κ2) is 4.65. The first kappa shape index (κ1) is 11.8. The average Bonchev–Trinajstić information content (AvgIpc) is 2.30. The summed E-state index contributed by atoms with van der Waals surface area (Å²) < 4.78 is 5.33. The maximum absolute atomic E-state index is 11.2. The number of H-pyrrole nitrogens is 1. The Morgan fingerprint density at radius 1 is 1.35 bits per heavy atom. The number of hydrogen-bond acceptors (Lipinski definition) is 4. The predicted octanol–water partition coefficient (Wildman–Crippen LogP) is 2.45. The van der Waals surface area contributed by atoms with Gasteiger partial charge in [-0.25, -0.2) is 4.98 Å². The van der Waals surface area contributed by atoms with Gasteiger partial charge < -0.3 is 15.5 Å². The van der Waals surface area contributed by atoms with E-state index in [0.29, 0.717) is 10.7 Å². The Morgan fingerprint density at radius 3 is 2.88 bits per heavy atom. The van der Waals surface area contributed by atoms with Crippen LogP contribution in [0.25, 0.3) is 0 Å². The van der Waals surface area contributed by atoms with E-state index in [9.17, 15) is 4.79 Å². The minimum atomic E-state index is -0.489. The average molecular weight is 272 g/mol. The van der Waals surface area contributed by atoms with Crippen LogP contribution in [-0.2, 0) is 0 Å². The molecule has 0 fully saturated rings. The van der Waals surface area contributed by atoms with Gasteiger partial charge in [-0.05, 0) is 12.1 Å².